The van der Waals surface area contributed by atoms with E-state index in [1.54, 1.807) is 12.1 Å². The third-order valence-corrected chi connectivity index (χ3v) is 5.41. The Kier molecular flexibility index (Phi) is 9.41. The number of nitrogens with one attached hydrogen (secondary N) is 1. The molecule has 0 radical (unpaired) electrons. The number of hydrogen-bond donors (Lipinski definition) is 1. The molecule has 0 fully saturated rings. The lowest BCUT2D eigenvalue weighted by atomic mass is 9.90. The minimum absolute atomic E-state index is 0.220. The van der Waals surface area contributed by atoms with Gasteiger partial charge in [0, 0.05) is 5.69 Å². The van der Waals surface area contributed by atoms with Crippen molar-refractivity contribution in [3.8, 4) is 0 Å². The van der Waals surface area contributed by atoms with Crippen LogP contribution in [0.3, 0.4) is 0 Å². The van der Waals surface area contributed by atoms with Gasteiger partial charge < -0.3 is 10.1 Å². The van der Waals surface area contributed by atoms with Crippen molar-refractivity contribution in [3.63, 3.8) is 0 Å². The number of carbonyl (C=O) groups is 1. The zero-order valence-electron chi connectivity index (χ0n) is 18.4. The molecule has 0 aromatic heterocycles. The van der Waals surface area contributed by atoms with Gasteiger partial charge in [0.1, 0.15) is 6.10 Å². The van der Waals surface area contributed by atoms with E-state index < -0.39 is 23.8 Å². The lowest BCUT2D eigenvalue weighted by molar-refractivity contribution is -0.153. The van der Waals surface area contributed by atoms with E-state index in [0.717, 1.165) is 37.8 Å². The molecule has 0 aliphatic rings. The molecule has 1 N–H and O–H groups in total. The number of rotatable bonds is 11. The average Bonchev–Trinajstić information content (AvgIpc) is 2.76. The summed E-state index contributed by atoms with van der Waals surface area (Å²) in [5.74, 6) is -0.207. The molecule has 0 spiro atoms. The number of para-hydroxylation sites is 1. The average molecular weight is 436 g/mol. The first-order valence-corrected chi connectivity index (χ1v) is 11.0. The van der Waals surface area contributed by atoms with Crippen molar-refractivity contribution in [2.45, 2.75) is 71.2 Å². The maximum Gasteiger partial charge on any atom is 0.416 e. The van der Waals surface area contributed by atoms with Crippen LogP contribution in [0.25, 0.3) is 0 Å². The van der Waals surface area contributed by atoms with Crippen LogP contribution in [0.4, 0.5) is 18.9 Å². The number of carbonyl (C=O) groups excluding carboxylic acids is 1. The molecule has 2 aromatic carbocycles. The Morgan fingerprint density at radius 1 is 0.935 bits per heavy atom. The third kappa shape index (κ3) is 7.30. The zero-order chi connectivity index (χ0) is 22.9. The highest BCUT2D eigenvalue weighted by Crippen LogP contribution is 2.31. The fraction of sp³-hybridized carbons (Fsp3) is 0.480. The van der Waals surface area contributed by atoms with Gasteiger partial charge in [0.2, 0.25) is 0 Å². The number of ether oxygens (including phenoxy) is 1. The number of anilines is 1. The van der Waals surface area contributed by atoms with Gasteiger partial charge in [-0.3, -0.25) is 0 Å². The second-order valence-electron chi connectivity index (χ2n) is 7.78. The predicted molar refractivity (Wildman–Crippen MR) is 118 cm³/mol. The van der Waals surface area contributed by atoms with Crippen molar-refractivity contribution >= 4 is 11.7 Å². The molecular weight excluding hydrogens is 403 g/mol. The van der Waals surface area contributed by atoms with E-state index in [9.17, 15) is 18.0 Å². The highest BCUT2D eigenvalue weighted by molar-refractivity contribution is 5.81. The van der Waals surface area contributed by atoms with Crippen LogP contribution < -0.4 is 5.32 Å². The van der Waals surface area contributed by atoms with Crippen molar-refractivity contribution in [2.75, 3.05) is 5.32 Å². The van der Waals surface area contributed by atoms with E-state index in [-0.39, 0.29) is 12.0 Å². The van der Waals surface area contributed by atoms with E-state index in [2.05, 4.69) is 19.2 Å². The first-order chi connectivity index (χ1) is 14.8. The number of esters is 1. The van der Waals surface area contributed by atoms with Crippen LogP contribution in [-0.2, 0) is 15.7 Å². The Hall–Kier alpha value is -2.50. The largest absolute Gasteiger partial charge is 0.460 e. The lowest BCUT2D eigenvalue weighted by Crippen LogP contribution is -2.32. The SMILES string of the molecule is CCCC(CCC)[C@H](CC)OC(=O)C(Nc1ccccc1)c1ccc(C(F)(F)F)cc1. The summed E-state index contributed by atoms with van der Waals surface area (Å²) < 4.78 is 44.8. The van der Waals surface area contributed by atoms with Gasteiger partial charge in [-0.25, -0.2) is 4.79 Å². The molecule has 31 heavy (non-hydrogen) atoms. The zero-order valence-corrected chi connectivity index (χ0v) is 18.4. The lowest BCUT2D eigenvalue weighted by Gasteiger charge is -2.28. The van der Waals surface area contributed by atoms with E-state index in [4.69, 9.17) is 4.74 Å². The van der Waals surface area contributed by atoms with E-state index in [1.165, 1.54) is 12.1 Å². The topological polar surface area (TPSA) is 38.3 Å². The Balaban J connectivity index is 2.29. The summed E-state index contributed by atoms with van der Waals surface area (Å²) in [7, 11) is 0. The summed E-state index contributed by atoms with van der Waals surface area (Å²) in [6.45, 7) is 6.21. The van der Waals surface area contributed by atoms with Crippen molar-refractivity contribution in [2.24, 2.45) is 5.92 Å². The number of hydrogen-bond acceptors (Lipinski definition) is 3. The van der Waals surface area contributed by atoms with Crippen molar-refractivity contribution in [1.82, 2.24) is 0 Å². The van der Waals surface area contributed by atoms with Gasteiger partial charge in [-0.05, 0) is 55.0 Å². The number of halogens is 3. The molecule has 0 aliphatic heterocycles. The van der Waals surface area contributed by atoms with Crippen LogP contribution in [0.5, 0.6) is 0 Å². The second kappa shape index (κ2) is 11.8. The Bertz CT molecular complexity index is 785. The van der Waals surface area contributed by atoms with Gasteiger partial charge in [-0.2, -0.15) is 13.2 Å². The Labute approximate surface area is 183 Å². The van der Waals surface area contributed by atoms with Crippen LogP contribution in [-0.4, -0.2) is 12.1 Å². The van der Waals surface area contributed by atoms with E-state index in [0.29, 0.717) is 17.7 Å². The van der Waals surface area contributed by atoms with Gasteiger partial charge in [0.15, 0.2) is 6.04 Å². The van der Waals surface area contributed by atoms with Crippen LogP contribution in [0.1, 0.15) is 70.0 Å². The van der Waals surface area contributed by atoms with E-state index >= 15 is 0 Å². The third-order valence-electron chi connectivity index (χ3n) is 5.41. The van der Waals surface area contributed by atoms with Crippen LogP contribution in [0.2, 0.25) is 0 Å². The quantitative estimate of drug-likeness (QED) is 0.374. The normalized spacial score (nSPS) is 13.6. The van der Waals surface area contributed by atoms with Crippen molar-refractivity contribution in [3.05, 3.63) is 65.7 Å². The van der Waals surface area contributed by atoms with Gasteiger partial charge in [-0.15, -0.1) is 0 Å². The summed E-state index contributed by atoms with van der Waals surface area (Å²) in [5.41, 5.74) is 0.371. The highest BCUT2D eigenvalue weighted by atomic mass is 19.4. The first kappa shape index (κ1) is 24.8. The van der Waals surface area contributed by atoms with Gasteiger partial charge in [0.05, 0.1) is 5.56 Å². The maximum atomic E-state index is 13.2. The monoisotopic (exact) mass is 435 g/mol. The molecule has 3 nitrogen and oxygen atoms in total. The molecule has 2 atom stereocenters. The molecular formula is C25H32F3NO2. The standard InChI is InChI=1S/C25H32F3NO2/c1-4-10-18(11-5-2)22(6-3)31-24(30)23(29-21-12-8-7-9-13-21)19-14-16-20(17-15-19)25(26,27)28/h7-9,12-18,22-23,29H,4-6,10-11H2,1-3H3/t22-,23?/m0/s1. The molecule has 2 aromatic rings. The molecule has 0 aliphatic carbocycles. The summed E-state index contributed by atoms with van der Waals surface area (Å²) in [4.78, 5) is 13.2. The maximum absolute atomic E-state index is 13.2. The fourth-order valence-electron chi connectivity index (χ4n) is 3.83. The van der Waals surface area contributed by atoms with Crippen molar-refractivity contribution < 1.29 is 22.7 Å². The molecule has 6 heteroatoms. The highest BCUT2D eigenvalue weighted by Gasteiger charge is 2.32. The van der Waals surface area contributed by atoms with Crippen LogP contribution in [0.15, 0.2) is 54.6 Å². The fourth-order valence-corrected chi connectivity index (χ4v) is 3.83. The van der Waals surface area contributed by atoms with Gasteiger partial charge in [-0.1, -0.05) is 63.9 Å². The molecule has 0 saturated heterocycles. The molecule has 0 saturated carbocycles. The molecule has 170 valence electrons. The van der Waals surface area contributed by atoms with Crippen molar-refractivity contribution in [1.29, 1.82) is 0 Å². The smallest absolute Gasteiger partial charge is 0.416 e. The predicted octanol–water partition coefficient (Wildman–Crippen LogP) is 7.40. The molecule has 0 bridgehead atoms. The van der Waals surface area contributed by atoms with Crippen LogP contribution in [0, 0.1) is 5.92 Å². The second-order valence-corrected chi connectivity index (χ2v) is 7.78. The van der Waals surface area contributed by atoms with Gasteiger partial charge >= 0.3 is 12.1 Å². The molecule has 0 amide bonds. The van der Waals surface area contributed by atoms with Gasteiger partial charge in [0.25, 0.3) is 0 Å². The van der Waals surface area contributed by atoms with E-state index in [1.807, 2.05) is 25.1 Å². The number of benzene rings is 2. The summed E-state index contributed by atoms with van der Waals surface area (Å²) >= 11 is 0. The van der Waals surface area contributed by atoms with Crippen LogP contribution >= 0.6 is 0 Å². The Morgan fingerprint density at radius 2 is 1.52 bits per heavy atom. The minimum Gasteiger partial charge on any atom is -0.460 e. The first-order valence-electron chi connectivity index (χ1n) is 11.0. The number of alkyl halides is 3. The Morgan fingerprint density at radius 3 is 2.00 bits per heavy atom. The summed E-state index contributed by atoms with van der Waals surface area (Å²) in [5, 5.41) is 3.13. The molecule has 1 unspecified atom stereocenters. The molecule has 0 heterocycles. The molecule has 2 rings (SSSR count). The summed E-state index contributed by atoms with van der Waals surface area (Å²) in [6, 6.07) is 12.9. The minimum atomic E-state index is -4.43. The summed E-state index contributed by atoms with van der Waals surface area (Å²) in [6.07, 6.45) is -0.00843.